The molecule has 128 valence electrons. The summed E-state index contributed by atoms with van der Waals surface area (Å²) in [6.07, 6.45) is 7.50. The molecule has 1 unspecified atom stereocenters. The fraction of sp³-hybridized carbons (Fsp3) is 0.600. The predicted octanol–water partition coefficient (Wildman–Crippen LogP) is 3.44. The lowest BCUT2D eigenvalue weighted by Gasteiger charge is -2.34. The van der Waals surface area contributed by atoms with Gasteiger partial charge in [-0.25, -0.2) is 0 Å². The second-order valence-electron chi connectivity index (χ2n) is 7.78. The predicted molar refractivity (Wildman–Crippen MR) is 93.4 cm³/mol. The Hall–Kier alpha value is -1.84. The summed E-state index contributed by atoms with van der Waals surface area (Å²) in [6.45, 7) is 1.68. The fourth-order valence-electron chi connectivity index (χ4n) is 4.63. The SMILES string of the molecule is O=C(Nc1ccccc1)C1CC12CCN(C(=O)C1CCCC1)CC2. The zero-order valence-electron chi connectivity index (χ0n) is 14.2. The number of benzene rings is 1. The normalized spacial score (nSPS) is 25.7. The summed E-state index contributed by atoms with van der Waals surface area (Å²) >= 11 is 0. The molecule has 4 heteroatoms. The molecule has 1 spiro atoms. The van der Waals surface area contributed by atoms with Gasteiger partial charge in [0.15, 0.2) is 0 Å². The summed E-state index contributed by atoms with van der Waals surface area (Å²) in [5.41, 5.74) is 1.03. The number of carbonyl (C=O) groups excluding carboxylic acids is 2. The van der Waals surface area contributed by atoms with Crippen molar-refractivity contribution >= 4 is 17.5 Å². The average Bonchev–Trinajstić information content (AvgIpc) is 3.06. The van der Waals surface area contributed by atoms with Crippen molar-refractivity contribution in [3.63, 3.8) is 0 Å². The maximum Gasteiger partial charge on any atom is 0.228 e. The Labute approximate surface area is 143 Å². The Bertz CT molecular complexity index is 614. The van der Waals surface area contributed by atoms with Gasteiger partial charge in [0.2, 0.25) is 11.8 Å². The number of likely N-dealkylation sites (tertiary alicyclic amines) is 1. The first-order valence-electron chi connectivity index (χ1n) is 9.33. The number of hydrogen-bond acceptors (Lipinski definition) is 2. The maximum atomic E-state index is 12.5. The van der Waals surface area contributed by atoms with E-state index in [4.69, 9.17) is 0 Å². The van der Waals surface area contributed by atoms with Gasteiger partial charge in [-0.15, -0.1) is 0 Å². The molecule has 2 aliphatic carbocycles. The Morgan fingerprint density at radius 3 is 2.38 bits per heavy atom. The number of nitrogens with zero attached hydrogens (tertiary/aromatic N) is 1. The van der Waals surface area contributed by atoms with Gasteiger partial charge in [-0.1, -0.05) is 31.0 Å². The van der Waals surface area contributed by atoms with Crippen LogP contribution >= 0.6 is 0 Å². The number of hydrogen-bond donors (Lipinski definition) is 1. The van der Waals surface area contributed by atoms with Crippen LogP contribution in [0.25, 0.3) is 0 Å². The van der Waals surface area contributed by atoms with E-state index in [0.717, 1.165) is 50.9 Å². The molecule has 2 saturated carbocycles. The molecule has 1 heterocycles. The second-order valence-corrected chi connectivity index (χ2v) is 7.78. The van der Waals surface area contributed by atoms with Crippen molar-refractivity contribution in [3.8, 4) is 0 Å². The lowest BCUT2D eigenvalue weighted by molar-refractivity contribution is -0.137. The van der Waals surface area contributed by atoms with E-state index in [2.05, 4.69) is 10.2 Å². The average molecular weight is 326 g/mol. The number of nitrogens with one attached hydrogen (secondary N) is 1. The highest BCUT2D eigenvalue weighted by atomic mass is 16.2. The van der Waals surface area contributed by atoms with Gasteiger partial charge in [0.25, 0.3) is 0 Å². The van der Waals surface area contributed by atoms with Gasteiger partial charge in [-0.3, -0.25) is 9.59 Å². The van der Waals surface area contributed by atoms with Gasteiger partial charge in [-0.2, -0.15) is 0 Å². The van der Waals surface area contributed by atoms with E-state index < -0.39 is 0 Å². The van der Waals surface area contributed by atoms with Crippen LogP contribution in [0.1, 0.15) is 44.9 Å². The van der Waals surface area contributed by atoms with Gasteiger partial charge in [-0.05, 0) is 49.7 Å². The van der Waals surface area contributed by atoms with Crippen molar-refractivity contribution in [2.45, 2.75) is 44.9 Å². The van der Waals surface area contributed by atoms with Crippen LogP contribution in [0.4, 0.5) is 5.69 Å². The van der Waals surface area contributed by atoms with E-state index in [-0.39, 0.29) is 23.2 Å². The molecular formula is C20H26N2O2. The largest absolute Gasteiger partial charge is 0.342 e. The molecule has 1 N–H and O–H groups in total. The van der Waals surface area contributed by atoms with Crippen molar-refractivity contribution in [2.24, 2.45) is 17.3 Å². The molecule has 3 fully saturated rings. The lowest BCUT2D eigenvalue weighted by Crippen LogP contribution is -2.42. The zero-order valence-corrected chi connectivity index (χ0v) is 14.2. The van der Waals surface area contributed by atoms with Crippen LogP contribution in [-0.2, 0) is 9.59 Å². The van der Waals surface area contributed by atoms with E-state index in [1.807, 2.05) is 30.3 Å². The molecule has 4 nitrogen and oxygen atoms in total. The van der Waals surface area contributed by atoms with Crippen molar-refractivity contribution in [1.82, 2.24) is 4.90 Å². The molecule has 0 aromatic heterocycles. The molecule has 1 saturated heterocycles. The Morgan fingerprint density at radius 1 is 1.04 bits per heavy atom. The summed E-state index contributed by atoms with van der Waals surface area (Å²) in [4.78, 5) is 27.1. The standard InChI is InChI=1S/C20H26N2O2/c23-18(21-16-8-2-1-3-9-16)17-14-20(17)10-12-22(13-11-20)19(24)15-6-4-5-7-15/h1-3,8-9,15,17H,4-7,10-14H2,(H,21,23). The van der Waals surface area contributed by atoms with Crippen molar-refractivity contribution in [2.75, 3.05) is 18.4 Å². The third-order valence-electron chi connectivity index (χ3n) is 6.32. The van der Waals surface area contributed by atoms with Crippen LogP contribution < -0.4 is 5.32 Å². The van der Waals surface area contributed by atoms with Crippen molar-refractivity contribution < 1.29 is 9.59 Å². The lowest BCUT2D eigenvalue weighted by atomic mass is 9.89. The van der Waals surface area contributed by atoms with E-state index in [1.165, 1.54) is 12.8 Å². The van der Waals surface area contributed by atoms with Crippen LogP contribution in [0.15, 0.2) is 30.3 Å². The highest BCUT2D eigenvalue weighted by Gasteiger charge is 2.58. The first-order valence-corrected chi connectivity index (χ1v) is 9.33. The summed E-state index contributed by atoms with van der Waals surface area (Å²) in [7, 11) is 0. The monoisotopic (exact) mass is 326 g/mol. The van der Waals surface area contributed by atoms with E-state index in [0.29, 0.717) is 5.91 Å². The number of anilines is 1. The Kier molecular flexibility index (Phi) is 4.07. The highest BCUT2D eigenvalue weighted by Crippen LogP contribution is 2.59. The zero-order chi connectivity index (χ0) is 16.6. The van der Waals surface area contributed by atoms with E-state index in [1.54, 1.807) is 0 Å². The Balaban J connectivity index is 1.30. The molecule has 3 aliphatic rings. The van der Waals surface area contributed by atoms with Crippen molar-refractivity contribution in [1.29, 1.82) is 0 Å². The van der Waals surface area contributed by atoms with Gasteiger partial charge in [0.05, 0.1) is 0 Å². The summed E-state index contributed by atoms with van der Waals surface area (Å²) in [5, 5.41) is 3.03. The van der Waals surface area contributed by atoms with E-state index in [9.17, 15) is 9.59 Å². The Morgan fingerprint density at radius 2 is 1.71 bits per heavy atom. The number of piperidine rings is 1. The van der Waals surface area contributed by atoms with Crippen LogP contribution in [0.5, 0.6) is 0 Å². The molecule has 0 bridgehead atoms. The third-order valence-corrected chi connectivity index (χ3v) is 6.32. The van der Waals surface area contributed by atoms with Gasteiger partial charge in [0.1, 0.15) is 0 Å². The highest BCUT2D eigenvalue weighted by molar-refractivity contribution is 5.95. The minimum absolute atomic E-state index is 0.126. The van der Waals surface area contributed by atoms with Crippen molar-refractivity contribution in [3.05, 3.63) is 30.3 Å². The minimum atomic E-state index is 0.126. The van der Waals surface area contributed by atoms with Gasteiger partial charge < -0.3 is 10.2 Å². The third kappa shape index (κ3) is 2.94. The number of para-hydroxylation sites is 1. The molecule has 1 aliphatic heterocycles. The molecular weight excluding hydrogens is 300 g/mol. The molecule has 1 atom stereocenters. The summed E-state index contributed by atoms with van der Waals surface area (Å²) < 4.78 is 0. The molecule has 4 rings (SSSR count). The molecule has 2 amide bonds. The number of carbonyl (C=O) groups is 2. The first kappa shape index (κ1) is 15.7. The minimum Gasteiger partial charge on any atom is -0.342 e. The molecule has 0 radical (unpaired) electrons. The van der Waals surface area contributed by atoms with Crippen LogP contribution in [-0.4, -0.2) is 29.8 Å². The summed E-state index contributed by atoms with van der Waals surface area (Å²) in [5.74, 6) is 0.918. The molecule has 1 aromatic rings. The first-order chi connectivity index (χ1) is 11.7. The smallest absolute Gasteiger partial charge is 0.228 e. The van der Waals surface area contributed by atoms with Gasteiger partial charge >= 0.3 is 0 Å². The van der Waals surface area contributed by atoms with Crippen LogP contribution in [0, 0.1) is 17.3 Å². The molecule has 1 aromatic carbocycles. The summed E-state index contributed by atoms with van der Waals surface area (Å²) in [6, 6.07) is 9.67. The van der Waals surface area contributed by atoms with Gasteiger partial charge in [0, 0.05) is 30.6 Å². The molecule has 24 heavy (non-hydrogen) atoms. The fourth-order valence-corrected chi connectivity index (χ4v) is 4.63. The number of amides is 2. The number of rotatable bonds is 3. The van der Waals surface area contributed by atoms with Crippen LogP contribution in [0.2, 0.25) is 0 Å². The topological polar surface area (TPSA) is 49.4 Å². The quantitative estimate of drug-likeness (QED) is 0.925. The van der Waals surface area contributed by atoms with Crippen LogP contribution in [0.3, 0.4) is 0 Å². The maximum absolute atomic E-state index is 12.5. The van der Waals surface area contributed by atoms with E-state index >= 15 is 0 Å². The second kappa shape index (κ2) is 6.23.